The summed E-state index contributed by atoms with van der Waals surface area (Å²) in [7, 11) is 1.63. The second-order valence-electron chi connectivity index (χ2n) is 13.7. The van der Waals surface area contributed by atoms with Crippen molar-refractivity contribution in [2.45, 2.75) is 77.2 Å². The number of hydrogen-bond donors (Lipinski definition) is 0. The zero-order chi connectivity index (χ0) is 37.1. The standard InChI is InChI=1S/C43H47F5N2O2/c1-3-4-5-7-31-10-12-34(13-11-31)30-50(42(51)19-16-32-8-6-9-37(24-32)43(46,47)48)41(27-35-25-38(44)28-39(45)26-35)36-20-22-49(23-21-36)29-33-14-17-40(52-2)18-15-33/h6,8-19,24-26,28,36,41H,3-5,7,20-23,27,29-30H2,1-2H3/b19-16+. The van der Waals surface area contributed by atoms with Gasteiger partial charge in [0.1, 0.15) is 17.4 Å². The number of amides is 1. The van der Waals surface area contributed by atoms with Crippen molar-refractivity contribution < 1.29 is 31.5 Å². The maximum atomic E-state index is 14.5. The van der Waals surface area contributed by atoms with Crippen LogP contribution in [-0.4, -0.2) is 41.9 Å². The molecule has 0 aliphatic carbocycles. The summed E-state index contributed by atoms with van der Waals surface area (Å²) < 4.78 is 74.6. The van der Waals surface area contributed by atoms with Gasteiger partial charge in [0.15, 0.2) is 0 Å². The Labute approximate surface area is 303 Å². The molecule has 1 heterocycles. The summed E-state index contributed by atoms with van der Waals surface area (Å²) in [5.41, 5.74) is 3.14. The topological polar surface area (TPSA) is 32.8 Å². The van der Waals surface area contributed by atoms with E-state index >= 15 is 0 Å². The Kier molecular flexibility index (Phi) is 13.6. The molecule has 1 aliphatic rings. The Balaban J connectivity index is 1.44. The molecule has 1 unspecified atom stereocenters. The summed E-state index contributed by atoms with van der Waals surface area (Å²) in [6, 6.07) is 24.0. The van der Waals surface area contributed by atoms with E-state index in [4.69, 9.17) is 4.74 Å². The molecule has 1 aliphatic heterocycles. The molecule has 276 valence electrons. The third-order valence-electron chi connectivity index (χ3n) is 9.87. The zero-order valence-electron chi connectivity index (χ0n) is 29.8. The maximum absolute atomic E-state index is 14.5. The first-order valence-corrected chi connectivity index (χ1v) is 18.0. The first kappa shape index (κ1) is 38.7. The molecule has 4 aromatic rings. The van der Waals surface area contributed by atoms with Crippen molar-refractivity contribution >= 4 is 12.0 Å². The van der Waals surface area contributed by atoms with Crippen molar-refractivity contribution in [2.24, 2.45) is 5.92 Å². The van der Waals surface area contributed by atoms with Crippen molar-refractivity contribution in [1.82, 2.24) is 9.80 Å². The highest BCUT2D eigenvalue weighted by Gasteiger charge is 2.34. The number of piperidine rings is 1. The van der Waals surface area contributed by atoms with E-state index in [1.807, 2.05) is 36.4 Å². The number of hydrogen-bond acceptors (Lipinski definition) is 3. The minimum atomic E-state index is -4.52. The van der Waals surface area contributed by atoms with Crippen LogP contribution in [0.4, 0.5) is 22.0 Å². The summed E-state index contributed by atoms with van der Waals surface area (Å²) in [6.07, 6.45) is 4.22. The number of aryl methyl sites for hydroxylation is 1. The number of benzene rings is 4. The smallest absolute Gasteiger partial charge is 0.416 e. The molecule has 1 fully saturated rings. The van der Waals surface area contributed by atoms with Crippen LogP contribution in [0.1, 0.15) is 72.4 Å². The Hall–Kier alpha value is -4.50. The molecule has 9 heteroatoms. The summed E-state index contributed by atoms with van der Waals surface area (Å²) in [5, 5.41) is 0. The molecule has 4 aromatic carbocycles. The van der Waals surface area contributed by atoms with Crippen LogP contribution in [-0.2, 0) is 36.9 Å². The summed E-state index contributed by atoms with van der Waals surface area (Å²) in [6.45, 7) is 4.67. The van der Waals surface area contributed by atoms with E-state index in [0.29, 0.717) is 5.56 Å². The molecular weight excluding hydrogens is 671 g/mol. The van der Waals surface area contributed by atoms with Gasteiger partial charge in [0, 0.05) is 31.3 Å². The molecule has 0 N–H and O–H groups in total. The number of halogens is 5. The van der Waals surface area contributed by atoms with Gasteiger partial charge in [-0.2, -0.15) is 13.2 Å². The number of unbranched alkanes of at least 4 members (excludes halogenated alkanes) is 2. The van der Waals surface area contributed by atoms with Gasteiger partial charge in [0.2, 0.25) is 5.91 Å². The molecule has 1 amide bonds. The van der Waals surface area contributed by atoms with Gasteiger partial charge in [-0.25, -0.2) is 8.78 Å². The lowest BCUT2D eigenvalue weighted by molar-refractivity contribution is -0.137. The van der Waals surface area contributed by atoms with Crippen LogP contribution in [0.25, 0.3) is 6.08 Å². The zero-order valence-corrected chi connectivity index (χ0v) is 29.8. The molecule has 1 saturated heterocycles. The summed E-state index contributed by atoms with van der Waals surface area (Å²) in [5.74, 6) is -0.977. The molecule has 4 nitrogen and oxygen atoms in total. The van der Waals surface area contributed by atoms with E-state index in [1.54, 1.807) is 12.0 Å². The van der Waals surface area contributed by atoms with E-state index < -0.39 is 29.4 Å². The van der Waals surface area contributed by atoms with Crippen molar-refractivity contribution in [1.29, 1.82) is 0 Å². The number of likely N-dealkylation sites (tertiary alicyclic amines) is 1. The van der Waals surface area contributed by atoms with E-state index in [1.165, 1.54) is 42.0 Å². The molecule has 0 radical (unpaired) electrons. The van der Waals surface area contributed by atoms with Gasteiger partial charge in [-0.05, 0) is 121 Å². The number of ether oxygens (including phenoxy) is 1. The first-order valence-electron chi connectivity index (χ1n) is 18.0. The molecule has 0 saturated carbocycles. The number of rotatable bonds is 15. The highest BCUT2D eigenvalue weighted by Crippen LogP contribution is 2.32. The van der Waals surface area contributed by atoms with Crippen molar-refractivity contribution in [3.8, 4) is 5.75 Å². The van der Waals surface area contributed by atoms with Crippen LogP contribution < -0.4 is 4.74 Å². The number of methoxy groups -OCH3 is 1. The fraction of sp³-hybridized carbons (Fsp3) is 0.372. The lowest BCUT2D eigenvalue weighted by Gasteiger charge is -2.41. The van der Waals surface area contributed by atoms with Crippen LogP contribution in [0, 0.1) is 17.6 Å². The normalized spacial score (nSPS) is 14.8. The molecule has 1 atom stereocenters. The predicted molar refractivity (Wildman–Crippen MR) is 196 cm³/mol. The van der Waals surface area contributed by atoms with Gasteiger partial charge in [-0.15, -0.1) is 0 Å². The third-order valence-corrected chi connectivity index (χ3v) is 9.87. The van der Waals surface area contributed by atoms with Crippen molar-refractivity contribution in [2.75, 3.05) is 20.2 Å². The predicted octanol–water partition coefficient (Wildman–Crippen LogP) is 10.3. The first-order chi connectivity index (χ1) is 25.0. The molecule has 0 spiro atoms. The number of carbonyl (C=O) groups excluding carboxylic acids is 1. The Morgan fingerprint density at radius 3 is 2.15 bits per heavy atom. The van der Waals surface area contributed by atoms with Crippen LogP contribution >= 0.6 is 0 Å². The number of carbonyl (C=O) groups is 1. The fourth-order valence-corrected chi connectivity index (χ4v) is 7.01. The fourth-order valence-electron chi connectivity index (χ4n) is 7.01. The summed E-state index contributed by atoms with van der Waals surface area (Å²) in [4.78, 5) is 18.4. The molecular formula is C43H47F5N2O2. The van der Waals surface area contributed by atoms with Crippen LogP contribution in [0.2, 0.25) is 0 Å². The van der Waals surface area contributed by atoms with E-state index in [9.17, 15) is 26.7 Å². The highest BCUT2D eigenvalue weighted by molar-refractivity contribution is 5.92. The van der Waals surface area contributed by atoms with Gasteiger partial charge < -0.3 is 9.64 Å². The SMILES string of the molecule is CCCCCc1ccc(CN(C(=O)/C=C/c2cccc(C(F)(F)F)c2)C(Cc2cc(F)cc(F)c2)C2CCN(Cc3ccc(OC)cc3)CC2)cc1. The van der Waals surface area contributed by atoms with E-state index in [0.717, 1.165) is 93.2 Å². The second-order valence-corrected chi connectivity index (χ2v) is 13.7. The average Bonchev–Trinajstić information content (AvgIpc) is 3.13. The Bertz CT molecular complexity index is 1740. The molecule has 5 rings (SSSR count). The largest absolute Gasteiger partial charge is 0.497 e. The van der Waals surface area contributed by atoms with Gasteiger partial charge in [-0.1, -0.05) is 68.3 Å². The monoisotopic (exact) mass is 718 g/mol. The minimum absolute atomic E-state index is 0.00216. The van der Waals surface area contributed by atoms with Gasteiger partial charge in [-0.3, -0.25) is 9.69 Å². The van der Waals surface area contributed by atoms with E-state index in [-0.39, 0.29) is 30.4 Å². The maximum Gasteiger partial charge on any atom is 0.416 e. The quantitative estimate of drug-likeness (QED) is 0.0697. The van der Waals surface area contributed by atoms with Gasteiger partial charge in [0.05, 0.1) is 12.7 Å². The molecule has 0 aromatic heterocycles. The van der Waals surface area contributed by atoms with Crippen molar-refractivity contribution in [3.05, 3.63) is 142 Å². The Morgan fingerprint density at radius 2 is 1.52 bits per heavy atom. The van der Waals surface area contributed by atoms with Crippen molar-refractivity contribution in [3.63, 3.8) is 0 Å². The summed E-state index contributed by atoms with van der Waals surface area (Å²) >= 11 is 0. The van der Waals surface area contributed by atoms with Crippen LogP contribution in [0.3, 0.4) is 0 Å². The minimum Gasteiger partial charge on any atom is -0.497 e. The highest BCUT2D eigenvalue weighted by atomic mass is 19.4. The molecule has 52 heavy (non-hydrogen) atoms. The average molecular weight is 719 g/mol. The van der Waals surface area contributed by atoms with Crippen LogP contribution in [0.5, 0.6) is 5.75 Å². The lowest BCUT2D eigenvalue weighted by atomic mass is 9.84. The Morgan fingerprint density at radius 1 is 0.865 bits per heavy atom. The van der Waals surface area contributed by atoms with Gasteiger partial charge in [0.25, 0.3) is 0 Å². The van der Waals surface area contributed by atoms with Crippen LogP contribution in [0.15, 0.2) is 97.1 Å². The number of nitrogens with zero attached hydrogens (tertiary/aromatic N) is 2. The second kappa shape index (κ2) is 18.3. The van der Waals surface area contributed by atoms with E-state index in [2.05, 4.69) is 24.0 Å². The molecule has 0 bridgehead atoms. The third kappa shape index (κ3) is 11.2. The van der Waals surface area contributed by atoms with Gasteiger partial charge >= 0.3 is 6.18 Å². The number of alkyl halides is 3. The lowest BCUT2D eigenvalue weighted by Crippen LogP contribution is -2.48.